The molecule has 2 aromatic rings. The van der Waals surface area contributed by atoms with Crippen LogP contribution in [-0.2, 0) is 9.59 Å². The van der Waals surface area contributed by atoms with Crippen LogP contribution in [0.3, 0.4) is 0 Å². The number of nitrogens with one attached hydrogen (secondary N) is 2. The number of aryl methyl sites for hydroxylation is 1. The third-order valence-electron chi connectivity index (χ3n) is 2.64. The normalized spacial score (nSPS) is 11.6. The van der Waals surface area contributed by atoms with E-state index in [1.165, 1.54) is 13.0 Å². The summed E-state index contributed by atoms with van der Waals surface area (Å²) in [5, 5.41) is 12.3. The number of carbonyl (C=O) groups is 2. The first-order valence-electron chi connectivity index (χ1n) is 5.77. The molecule has 19 heavy (non-hydrogen) atoms. The minimum Gasteiger partial charge on any atom is -0.477 e. The molecule has 0 saturated carbocycles. The van der Waals surface area contributed by atoms with Crippen molar-refractivity contribution >= 4 is 28.9 Å². The van der Waals surface area contributed by atoms with E-state index in [-0.39, 0.29) is 5.70 Å². The van der Waals surface area contributed by atoms with Gasteiger partial charge in [0.25, 0.3) is 0 Å². The second-order valence-electron chi connectivity index (χ2n) is 4.36. The van der Waals surface area contributed by atoms with Crippen LogP contribution in [0.4, 0.5) is 0 Å². The second-order valence-corrected chi connectivity index (χ2v) is 4.36. The summed E-state index contributed by atoms with van der Waals surface area (Å²) in [5.41, 5.74) is 2.52. The lowest BCUT2D eigenvalue weighted by molar-refractivity contribution is -0.134. The maximum atomic E-state index is 11.0. The van der Waals surface area contributed by atoms with E-state index in [9.17, 15) is 9.59 Å². The number of carbonyl (C=O) groups excluding carboxylic acids is 1. The van der Waals surface area contributed by atoms with Crippen molar-refractivity contribution in [2.45, 2.75) is 13.8 Å². The number of aromatic amines is 1. The number of fused-ring (bicyclic) bond motifs is 1. The lowest BCUT2D eigenvalue weighted by Gasteiger charge is -2.01. The molecule has 0 fully saturated rings. The summed E-state index contributed by atoms with van der Waals surface area (Å²) in [7, 11) is 0. The highest BCUT2D eigenvalue weighted by Gasteiger charge is 2.09. The molecule has 1 aromatic heterocycles. The van der Waals surface area contributed by atoms with Gasteiger partial charge in [-0.3, -0.25) is 4.79 Å². The number of aliphatic carboxylic acids is 1. The molecule has 0 saturated heterocycles. The van der Waals surface area contributed by atoms with Gasteiger partial charge in [0.05, 0.1) is 0 Å². The van der Waals surface area contributed by atoms with E-state index < -0.39 is 11.9 Å². The van der Waals surface area contributed by atoms with Crippen molar-refractivity contribution in [2.24, 2.45) is 0 Å². The van der Waals surface area contributed by atoms with Crippen molar-refractivity contribution < 1.29 is 14.7 Å². The van der Waals surface area contributed by atoms with E-state index >= 15 is 0 Å². The van der Waals surface area contributed by atoms with Crippen molar-refractivity contribution in [1.29, 1.82) is 0 Å². The first-order chi connectivity index (χ1) is 8.95. The van der Waals surface area contributed by atoms with E-state index in [0.717, 1.165) is 16.5 Å². The van der Waals surface area contributed by atoms with Gasteiger partial charge in [0.1, 0.15) is 5.70 Å². The average Bonchev–Trinajstić information content (AvgIpc) is 2.68. The zero-order chi connectivity index (χ0) is 14.0. The van der Waals surface area contributed by atoms with E-state index in [4.69, 9.17) is 5.11 Å². The predicted octanol–water partition coefficient (Wildman–Crippen LogP) is 2.04. The van der Waals surface area contributed by atoms with Gasteiger partial charge in [-0.15, -0.1) is 0 Å². The minimum atomic E-state index is -1.18. The molecule has 5 nitrogen and oxygen atoms in total. The Morgan fingerprint density at radius 2 is 2.05 bits per heavy atom. The molecule has 0 aliphatic carbocycles. The van der Waals surface area contributed by atoms with Crippen LogP contribution in [0.5, 0.6) is 0 Å². The van der Waals surface area contributed by atoms with Crippen molar-refractivity contribution in [3.63, 3.8) is 0 Å². The van der Waals surface area contributed by atoms with Crippen LogP contribution in [0.1, 0.15) is 18.2 Å². The Morgan fingerprint density at radius 1 is 1.32 bits per heavy atom. The van der Waals surface area contributed by atoms with Crippen LogP contribution in [0.25, 0.3) is 17.0 Å². The Labute approximate surface area is 109 Å². The zero-order valence-corrected chi connectivity index (χ0v) is 10.7. The lowest BCUT2D eigenvalue weighted by atomic mass is 10.2. The summed E-state index contributed by atoms with van der Waals surface area (Å²) in [6, 6.07) is 7.75. The van der Waals surface area contributed by atoms with Gasteiger partial charge in [-0.25, -0.2) is 4.79 Å². The number of rotatable bonds is 3. The monoisotopic (exact) mass is 258 g/mol. The fraction of sp³-hybridized carbons (Fsp3) is 0.143. The van der Waals surface area contributed by atoms with Crippen molar-refractivity contribution in [2.75, 3.05) is 0 Å². The molecular weight excluding hydrogens is 244 g/mol. The molecule has 2 rings (SSSR count). The molecule has 0 aliphatic heterocycles. The number of hydrogen-bond acceptors (Lipinski definition) is 2. The molecule has 98 valence electrons. The Balaban J connectivity index is 2.42. The third-order valence-corrected chi connectivity index (χ3v) is 2.64. The molecule has 0 atom stereocenters. The molecule has 0 unspecified atom stereocenters. The molecule has 0 radical (unpaired) electrons. The van der Waals surface area contributed by atoms with E-state index in [2.05, 4.69) is 10.3 Å². The maximum absolute atomic E-state index is 11.0. The van der Waals surface area contributed by atoms with Crippen molar-refractivity contribution in [3.8, 4) is 0 Å². The number of carboxylic acids is 1. The number of hydrogen-bond donors (Lipinski definition) is 3. The highest BCUT2D eigenvalue weighted by atomic mass is 16.4. The second kappa shape index (κ2) is 4.97. The van der Waals surface area contributed by atoms with Gasteiger partial charge in [0.2, 0.25) is 5.91 Å². The number of amides is 1. The van der Waals surface area contributed by atoms with Crippen molar-refractivity contribution in [3.05, 3.63) is 41.2 Å². The predicted molar refractivity (Wildman–Crippen MR) is 72.5 cm³/mol. The van der Waals surface area contributed by atoms with E-state index in [0.29, 0.717) is 5.69 Å². The van der Waals surface area contributed by atoms with Gasteiger partial charge in [-0.05, 0) is 30.7 Å². The zero-order valence-electron chi connectivity index (χ0n) is 10.7. The first-order valence-corrected chi connectivity index (χ1v) is 5.77. The van der Waals surface area contributed by atoms with E-state index in [1.807, 2.05) is 31.2 Å². The van der Waals surface area contributed by atoms with Gasteiger partial charge in [0.15, 0.2) is 0 Å². The maximum Gasteiger partial charge on any atom is 0.352 e. The Bertz CT molecular complexity index is 683. The Hall–Kier alpha value is -2.56. The van der Waals surface area contributed by atoms with Gasteiger partial charge in [0, 0.05) is 23.5 Å². The topological polar surface area (TPSA) is 82.2 Å². The van der Waals surface area contributed by atoms with Gasteiger partial charge >= 0.3 is 5.97 Å². The Morgan fingerprint density at radius 3 is 2.68 bits per heavy atom. The molecule has 1 aromatic carbocycles. The summed E-state index contributed by atoms with van der Waals surface area (Å²) in [6.45, 7) is 3.25. The number of carboxylic acid groups (broad SMARTS) is 1. The van der Waals surface area contributed by atoms with Crippen molar-refractivity contribution in [1.82, 2.24) is 10.3 Å². The fourth-order valence-electron chi connectivity index (χ4n) is 1.84. The van der Waals surface area contributed by atoms with Gasteiger partial charge in [-0.2, -0.15) is 0 Å². The van der Waals surface area contributed by atoms with E-state index in [1.54, 1.807) is 0 Å². The minimum absolute atomic E-state index is 0.157. The Kier molecular flexibility index (Phi) is 3.37. The quantitative estimate of drug-likeness (QED) is 0.737. The molecule has 5 heteroatoms. The lowest BCUT2D eigenvalue weighted by Crippen LogP contribution is -2.24. The van der Waals surface area contributed by atoms with Gasteiger partial charge < -0.3 is 15.4 Å². The number of H-pyrrole nitrogens is 1. The van der Waals surface area contributed by atoms with Gasteiger partial charge in [-0.1, -0.05) is 12.1 Å². The van der Waals surface area contributed by atoms with Crippen LogP contribution < -0.4 is 5.32 Å². The average molecular weight is 258 g/mol. The van der Waals surface area contributed by atoms with Crippen LogP contribution in [0.2, 0.25) is 0 Å². The summed E-state index contributed by atoms with van der Waals surface area (Å²) in [5.74, 6) is -1.59. The highest BCUT2D eigenvalue weighted by Crippen LogP contribution is 2.18. The highest BCUT2D eigenvalue weighted by molar-refractivity contribution is 5.97. The third kappa shape index (κ3) is 3.01. The van der Waals surface area contributed by atoms with Crippen LogP contribution in [0, 0.1) is 6.92 Å². The largest absolute Gasteiger partial charge is 0.477 e. The summed E-state index contributed by atoms with van der Waals surface area (Å²) >= 11 is 0. The van der Waals surface area contributed by atoms with Crippen LogP contribution in [0.15, 0.2) is 30.0 Å². The summed E-state index contributed by atoms with van der Waals surface area (Å²) < 4.78 is 0. The van der Waals surface area contributed by atoms with Crippen LogP contribution in [-0.4, -0.2) is 22.0 Å². The molecule has 1 heterocycles. The molecule has 0 bridgehead atoms. The fourth-order valence-corrected chi connectivity index (χ4v) is 1.84. The molecular formula is C14H14N2O3. The number of benzene rings is 1. The molecule has 3 N–H and O–H groups in total. The number of aromatic nitrogens is 1. The smallest absolute Gasteiger partial charge is 0.352 e. The van der Waals surface area contributed by atoms with Crippen LogP contribution >= 0.6 is 0 Å². The summed E-state index contributed by atoms with van der Waals surface area (Å²) in [6.07, 6.45) is 1.40. The molecule has 0 spiro atoms. The molecule has 1 amide bonds. The standard InChI is InChI=1S/C14H14N2O3/c1-8-3-4-10-6-11(16-12(10)5-8)7-13(14(18)19)15-9(2)17/h3-7,16H,1-2H3,(H,15,17)(H,18,19). The molecule has 0 aliphatic rings. The first kappa shape index (κ1) is 12.9. The SMILES string of the molecule is CC(=O)NC(=Cc1cc2ccc(C)cc2[nH]1)C(=O)O. The summed E-state index contributed by atoms with van der Waals surface area (Å²) in [4.78, 5) is 25.1.